The average molecular weight is 353 g/mol. The molecule has 0 bridgehead atoms. The largest absolute Gasteiger partial charge is 0.326 e. The monoisotopic (exact) mass is 353 g/mol. The molecule has 2 amide bonds. The first-order chi connectivity index (χ1) is 12.5. The second-order valence-electron chi connectivity index (χ2n) is 6.36. The maximum Gasteiger partial charge on any atom is 0.250 e. The maximum atomic E-state index is 12.4. The molecule has 1 heterocycles. The third-order valence-electron chi connectivity index (χ3n) is 4.32. The molecular weight excluding hydrogens is 330 g/mol. The van der Waals surface area contributed by atoms with E-state index in [0.29, 0.717) is 17.9 Å². The molecule has 26 heavy (non-hydrogen) atoms. The minimum atomic E-state index is -0.235. The summed E-state index contributed by atoms with van der Waals surface area (Å²) in [5.41, 5.74) is 2.87. The molecule has 1 aromatic carbocycles. The Labute approximate surface area is 152 Å². The summed E-state index contributed by atoms with van der Waals surface area (Å²) in [7, 11) is 0. The highest BCUT2D eigenvalue weighted by Gasteiger charge is 2.29. The summed E-state index contributed by atoms with van der Waals surface area (Å²) in [6.07, 6.45) is 3.16. The van der Waals surface area contributed by atoms with Crippen molar-refractivity contribution in [1.82, 2.24) is 15.0 Å². The van der Waals surface area contributed by atoms with Gasteiger partial charge in [-0.2, -0.15) is 15.0 Å². The Balaban J connectivity index is 1.84. The highest BCUT2D eigenvalue weighted by atomic mass is 16.2. The van der Waals surface area contributed by atoms with Gasteiger partial charge in [-0.15, -0.1) is 0 Å². The predicted molar refractivity (Wildman–Crippen MR) is 99.6 cm³/mol. The fourth-order valence-corrected chi connectivity index (χ4v) is 2.65. The van der Waals surface area contributed by atoms with Crippen LogP contribution in [0.4, 0.5) is 11.4 Å². The second-order valence-corrected chi connectivity index (χ2v) is 6.36. The molecule has 0 aliphatic heterocycles. The van der Waals surface area contributed by atoms with Gasteiger partial charge < -0.3 is 10.2 Å². The number of carbonyl (C=O) groups is 2. The van der Waals surface area contributed by atoms with E-state index in [1.54, 1.807) is 15.8 Å². The van der Waals surface area contributed by atoms with E-state index in [9.17, 15) is 9.59 Å². The molecule has 1 aliphatic carbocycles. The Morgan fingerprint density at radius 2 is 2.15 bits per heavy atom. The molecule has 0 saturated heterocycles. The number of carbonyl (C=O) groups excluding carboxylic acids is 2. The van der Waals surface area contributed by atoms with E-state index in [0.717, 1.165) is 24.2 Å². The van der Waals surface area contributed by atoms with Crippen molar-refractivity contribution in [2.24, 2.45) is 5.92 Å². The topological polar surface area (TPSA) is 80.1 Å². The van der Waals surface area contributed by atoms with Crippen LogP contribution < -0.4 is 10.2 Å². The zero-order valence-corrected chi connectivity index (χ0v) is 15.1. The fourth-order valence-electron chi connectivity index (χ4n) is 2.65. The predicted octanol–water partition coefficient (Wildman–Crippen LogP) is 2.67. The lowest BCUT2D eigenvalue weighted by molar-refractivity contribution is -0.117. The molecular formula is C19H23N5O2. The van der Waals surface area contributed by atoms with Crippen molar-refractivity contribution >= 4 is 23.2 Å². The molecule has 3 rings (SSSR count). The van der Waals surface area contributed by atoms with E-state index >= 15 is 0 Å². The molecule has 1 aliphatic rings. The summed E-state index contributed by atoms with van der Waals surface area (Å²) in [6.45, 7) is 8.38. The summed E-state index contributed by atoms with van der Waals surface area (Å²) < 4.78 is 0. The maximum absolute atomic E-state index is 12.4. The van der Waals surface area contributed by atoms with Crippen LogP contribution in [-0.4, -0.2) is 26.8 Å². The third kappa shape index (κ3) is 3.99. The molecule has 1 fully saturated rings. The number of anilines is 2. The Hall–Kier alpha value is -2.96. The van der Waals surface area contributed by atoms with E-state index in [1.807, 2.05) is 32.0 Å². The van der Waals surface area contributed by atoms with E-state index in [2.05, 4.69) is 22.1 Å². The molecule has 0 unspecified atom stereocenters. The number of rotatable bonds is 7. The summed E-state index contributed by atoms with van der Waals surface area (Å²) >= 11 is 0. The van der Waals surface area contributed by atoms with E-state index < -0.39 is 0 Å². The van der Waals surface area contributed by atoms with Crippen molar-refractivity contribution in [3.63, 3.8) is 0 Å². The lowest BCUT2D eigenvalue weighted by atomic mass is 10.2. The number of aryl methyl sites for hydroxylation is 2. The average Bonchev–Trinajstić information content (AvgIpc) is 3.43. The Bertz CT molecular complexity index is 838. The minimum Gasteiger partial charge on any atom is -0.326 e. The van der Waals surface area contributed by atoms with Crippen LogP contribution in [0.3, 0.4) is 0 Å². The van der Waals surface area contributed by atoms with E-state index in [1.165, 1.54) is 6.08 Å². The number of nitrogens with zero attached hydrogens (tertiary/aromatic N) is 4. The number of aromatic nitrogens is 3. The highest BCUT2D eigenvalue weighted by Crippen LogP contribution is 2.31. The van der Waals surface area contributed by atoms with Gasteiger partial charge in [0.2, 0.25) is 5.91 Å². The number of amides is 2. The highest BCUT2D eigenvalue weighted by molar-refractivity contribution is 6.01. The van der Waals surface area contributed by atoms with Gasteiger partial charge in [0.25, 0.3) is 5.91 Å². The third-order valence-corrected chi connectivity index (χ3v) is 4.32. The van der Waals surface area contributed by atoms with Crippen LogP contribution in [0.15, 0.2) is 36.9 Å². The molecule has 7 heteroatoms. The Kier molecular flexibility index (Phi) is 5.16. The molecule has 0 atom stereocenters. The molecule has 0 radical (unpaired) electrons. The molecule has 136 valence electrons. The Morgan fingerprint density at radius 3 is 2.77 bits per heavy atom. The zero-order chi connectivity index (χ0) is 18.7. The fraction of sp³-hybridized carbons (Fsp3) is 0.368. The number of benzene rings is 1. The first-order valence-electron chi connectivity index (χ1n) is 8.77. The van der Waals surface area contributed by atoms with Crippen LogP contribution in [0.2, 0.25) is 0 Å². The molecule has 7 nitrogen and oxygen atoms in total. The van der Waals surface area contributed by atoms with Gasteiger partial charge >= 0.3 is 0 Å². The molecule has 1 aromatic heterocycles. The molecule has 2 aromatic rings. The summed E-state index contributed by atoms with van der Waals surface area (Å²) in [5.74, 6) is -0.0807. The summed E-state index contributed by atoms with van der Waals surface area (Å²) in [4.78, 5) is 27.6. The van der Waals surface area contributed by atoms with Gasteiger partial charge in [0.05, 0.1) is 18.8 Å². The molecule has 0 spiro atoms. The second kappa shape index (κ2) is 7.51. The molecule has 1 N–H and O–H groups in total. The summed E-state index contributed by atoms with van der Waals surface area (Å²) in [5, 5.41) is 11.7. The van der Waals surface area contributed by atoms with Crippen LogP contribution in [0.1, 0.15) is 31.2 Å². The van der Waals surface area contributed by atoms with Crippen LogP contribution in [-0.2, 0) is 22.7 Å². The SMILES string of the molecule is C=CC(=O)N(Cc1nn(CC)nc1C)c1cccc(NC(=O)C2CC2)c1. The smallest absolute Gasteiger partial charge is 0.250 e. The molecule has 1 saturated carbocycles. The van der Waals surface area contributed by atoms with Gasteiger partial charge in [0, 0.05) is 17.3 Å². The van der Waals surface area contributed by atoms with Crippen molar-refractivity contribution < 1.29 is 9.59 Å². The van der Waals surface area contributed by atoms with Gasteiger partial charge in [-0.3, -0.25) is 9.59 Å². The van der Waals surface area contributed by atoms with Gasteiger partial charge in [0.15, 0.2) is 0 Å². The van der Waals surface area contributed by atoms with Gasteiger partial charge in [0.1, 0.15) is 5.69 Å². The zero-order valence-electron chi connectivity index (χ0n) is 15.1. The summed E-state index contributed by atoms with van der Waals surface area (Å²) in [6, 6.07) is 7.25. The lowest BCUT2D eigenvalue weighted by Gasteiger charge is -2.21. The van der Waals surface area contributed by atoms with Crippen molar-refractivity contribution in [1.29, 1.82) is 0 Å². The first-order valence-corrected chi connectivity index (χ1v) is 8.77. The van der Waals surface area contributed by atoms with Gasteiger partial charge in [-0.25, -0.2) is 0 Å². The number of hydrogen-bond acceptors (Lipinski definition) is 4. The normalized spacial score (nSPS) is 13.3. The quantitative estimate of drug-likeness (QED) is 0.776. The van der Waals surface area contributed by atoms with E-state index in [-0.39, 0.29) is 24.3 Å². The number of hydrogen-bond donors (Lipinski definition) is 1. The van der Waals surface area contributed by atoms with Crippen LogP contribution in [0, 0.1) is 12.8 Å². The van der Waals surface area contributed by atoms with Crippen molar-refractivity contribution in [2.45, 2.75) is 39.8 Å². The van der Waals surface area contributed by atoms with Crippen LogP contribution >= 0.6 is 0 Å². The first kappa shape index (κ1) is 17.8. The number of nitrogens with one attached hydrogen (secondary N) is 1. The van der Waals surface area contributed by atoms with Crippen molar-refractivity contribution in [3.05, 3.63) is 48.3 Å². The van der Waals surface area contributed by atoms with E-state index in [4.69, 9.17) is 0 Å². The van der Waals surface area contributed by atoms with Gasteiger partial charge in [-0.1, -0.05) is 12.6 Å². The van der Waals surface area contributed by atoms with Crippen molar-refractivity contribution in [3.8, 4) is 0 Å². The standard InChI is InChI=1S/C19H23N5O2/c1-4-18(25)23(12-17-13(3)21-24(5-2)22-17)16-8-6-7-15(11-16)20-19(26)14-9-10-14/h4,6-8,11,14H,1,5,9-10,12H2,2-3H3,(H,20,26). The van der Waals surface area contributed by atoms with Crippen LogP contribution in [0.5, 0.6) is 0 Å². The van der Waals surface area contributed by atoms with Crippen LogP contribution in [0.25, 0.3) is 0 Å². The lowest BCUT2D eigenvalue weighted by Crippen LogP contribution is -2.29. The van der Waals surface area contributed by atoms with Gasteiger partial charge in [-0.05, 0) is 51.0 Å². The van der Waals surface area contributed by atoms with Crippen molar-refractivity contribution in [2.75, 3.05) is 10.2 Å². The Morgan fingerprint density at radius 1 is 1.38 bits per heavy atom. The minimum absolute atomic E-state index is 0.0329.